The topological polar surface area (TPSA) is 55.0 Å². The summed E-state index contributed by atoms with van der Waals surface area (Å²) in [5.41, 5.74) is 5.48. The molecule has 0 fully saturated rings. The van der Waals surface area contributed by atoms with Crippen LogP contribution in [0.25, 0.3) is 0 Å². The number of aromatic nitrogens is 2. The van der Waals surface area contributed by atoms with Crippen LogP contribution < -0.4 is 10.6 Å². The fourth-order valence-corrected chi connectivity index (χ4v) is 2.06. The van der Waals surface area contributed by atoms with Crippen molar-refractivity contribution in [3.63, 3.8) is 0 Å². The average Bonchev–Trinajstić information content (AvgIpc) is 2.49. The van der Waals surface area contributed by atoms with E-state index in [4.69, 9.17) is 5.73 Å². The van der Waals surface area contributed by atoms with Crippen LogP contribution in [-0.4, -0.2) is 22.4 Å². The fraction of sp³-hybridized carbons (Fsp3) is 0.778. The van der Waals surface area contributed by atoms with Crippen molar-refractivity contribution in [3.05, 3.63) is 0 Å². The SMILES string of the molecule is CC(C)CC(C)N(C)c1nc(N)ns1. The largest absolute Gasteiger partial charge is 0.367 e. The van der Waals surface area contributed by atoms with Gasteiger partial charge in [0.25, 0.3) is 0 Å². The highest BCUT2D eigenvalue weighted by Crippen LogP contribution is 2.21. The van der Waals surface area contributed by atoms with Crippen molar-refractivity contribution in [3.8, 4) is 0 Å². The molecular weight excluding hydrogens is 196 g/mol. The number of rotatable bonds is 4. The lowest BCUT2D eigenvalue weighted by Crippen LogP contribution is -2.29. The minimum absolute atomic E-state index is 0.369. The lowest BCUT2D eigenvalue weighted by Gasteiger charge is -2.25. The molecule has 14 heavy (non-hydrogen) atoms. The number of nitrogens with two attached hydrogens (primary N) is 1. The Morgan fingerprint density at radius 3 is 2.50 bits per heavy atom. The number of hydrogen-bond donors (Lipinski definition) is 1. The molecule has 0 radical (unpaired) electrons. The van der Waals surface area contributed by atoms with Crippen LogP contribution in [0.2, 0.25) is 0 Å². The highest BCUT2D eigenvalue weighted by atomic mass is 32.1. The first-order valence-corrected chi connectivity index (χ1v) is 5.60. The Bertz CT molecular complexity index is 284. The second-order valence-electron chi connectivity index (χ2n) is 4.02. The van der Waals surface area contributed by atoms with E-state index in [1.54, 1.807) is 0 Å². The van der Waals surface area contributed by atoms with Crippen LogP contribution in [0.5, 0.6) is 0 Å². The van der Waals surface area contributed by atoms with E-state index in [2.05, 4.69) is 35.0 Å². The maximum absolute atomic E-state index is 5.48. The molecule has 0 aliphatic heterocycles. The van der Waals surface area contributed by atoms with Gasteiger partial charge in [0.15, 0.2) is 0 Å². The molecule has 5 heteroatoms. The summed E-state index contributed by atoms with van der Waals surface area (Å²) in [7, 11) is 2.03. The van der Waals surface area contributed by atoms with Crippen molar-refractivity contribution in [1.29, 1.82) is 0 Å². The Kier molecular flexibility index (Phi) is 3.69. The number of nitrogens with zero attached hydrogens (tertiary/aromatic N) is 3. The van der Waals surface area contributed by atoms with Gasteiger partial charge in [-0.25, -0.2) is 0 Å². The maximum atomic E-state index is 5.48. The van der Waals surface area contributed by atoms with E-state index in [0.717, 1.165) is 11.6 Å². The predicted octanol–water partition coefficient (Wildman–Crippen LogP) is 1.99. The molecular formula is C9H18N4S. The Morgan fingerprint density at radius 1 is 1.43 bits per heavy atom. The van der Waals surface area contributed by atoms with Gasteiger partial charge in [0.05, 0.1) is 0 Å². The van der Waals surface area contributed by atoms with Crippen molar-refractivity contribution >= 4 is 22.6 Å². The Labute approximate surface area is 89.3 Å². The molecule has 1 heterocycles. The predicted molar refractivity (Wildman–Crippen MR) is 61.6 cm³/mol. The first-order chi connectivity index (χ1) is 6.50. The standard InChI is InChI=1S/C9H18N4S/c1-6(2)5-7(3)13(4)9-11-8(10)12-14-9/h6-7H,5H2,1-4H3,(H2,10,12). The van der Waals surface area contributed by atoms with Gasteiger partial charge in [-0.2, -0.15) is 9.36 Å². The molecule has 0 saturated heterocycles. The first kappa shape index (κ1) is 11.2. The van der Waals surface area contributed by atoms with Gasteiger partial charge < -0.3 is 10.6 Å². The number of nitrogen functional groups attached to an aromatic ring is 1. The van der Waals surface area contributed by atoms with Gasteiger partial charge in [-0.15, -0.1) is 0 Å². The molecule has 0 spiro atoms. The summed E-state index contributed by atoms with van der Waals surface area (Å²) in [6.45, 7) is 6.63. The minimum atomic E-state index is 0.369. The maximum Gasteiger partial charge on any atom is 0.233 e. The minimum Gasteiger partial charge on any atom is -0.367 e. The van der Waals surface area contributed by atoms with Gasteiger partial charge in [-0.05, 0) is 19.3 Å². The summed E-state index contributed by atoms with van der Waals surface area (Å²) in [6, 6.07) is 0.474. The molecule has 4 nitrogen and oxygen atoms in total. The highest BCUT2D eigenvalue weighted by Gasteiger charge is 2.14. The molecule has 2 N–H and O–H groups in total. The molecule has 0 aliphatic carbocycles. The van der Waals surface area contributed by atoms with Crippen molar-refractivity contribution in [1.82, 2.24) is 9.36 Å². The van der Waals surface area contributed by atoms with Crippen LogP contribution in [0.3, 0.4) is 0 Å². The van der Waals surface area contributed by atoms with Crippen molar-refractivity contribution < 1.29 is 0 Å². The lowest BCUT2D eigenvalue weighted by atomic mass is 10.0. The van der Waals surface area contributed by atoms with Gasteiger partial charge in [-0.1, -0.05) is 13.8 Å². The fourth-order valence-electron chi connectivity index (χ4n) is 1.40. The van der Waals surface area contributed by atoms with Crippen LogP contribution in [0.4, 0.5) is 11.1 Å². The summed E-state index contributed by atoms with van der Waals surface area (Å²) in [6.07, 6.45) is 1.15. The number of anilines is 2. The van der Waals surface area contributed by atoms with Crippen LogP contribution >= 0.6 is 11.5 Å². The van der Waals surface area contributed by atoms with Crippen LogP contribution in [0.1, 0.15) is 27.2 Å². The third kappa shape index (κ3) is 2.83. The van der Waals surface area contributed by atoms with Crippen LogP contribution in [0, 0.1) is 5.92 Å². The normalized spacial score (nSPS) is 13.2. The quantitative estimate of drug-likeness (QED) is 0.832. The van der Waals surface area contributed by atoms with E-state index in [1.807, 2.05) is 7.05 Å². The number of hydrogen-bond acceptors (Lipinski definition) is 5. The Morgan fingerprint density at radius 2 is 2.07 bits per heavy atom. The van der Waals surface area contributed by atoms with E-state index in [1.165, 1.54) is 11.5 Å². The molecule has 1 aromatic heterocycles. The summed E-state index contributed by atoms with van der Waals surface area (Å²) < 4.78 is 3.97. The molecule has 0 aromatic carbocycles. The zero-order valence-corrected chi connectivity index (χ0v) is 10.0. The Hall–Kier alpha value is -0.840. The highest BCUT2D eigenvalue weighted by molar-refractivity contribution is 7.09. The molecule has 0 aliphatic rings. The van der Waals surface area contributed by atoms with E-state index in [0.29, 0.717) is 17.9 Å². The molecule has 1 aromatic rings. The smallest absolute Gasteiger partial charge is 0.233 e. The molecule has 1 unspecified atom stereocenters. The second-order valence-corrected chi connectivity index (χ2v) is 4.75. The third-order valence-corrected chi connectivity index (χ3v) is 3.03. The monoisotopic (exact) mass is 214 g/mol. The van der Waals surface area contributed by atoms with Gasteiger partial charge >= 0.3 is 0 Å². The summed E-state index contributed by atoms with van der Waals surface area (Å²) >= 11 is 1.35. The zero-order chi connectivity index (χ0) is 10.7. The Balaban J connectivity index is 2.60. The van der Waals surface area contributed by atoms with E-state index in [-0.39, 0.29) is 0 Å². The molecule has 1 rings (SSSR count). The van der Waals surface area contributed by atoms with Gasteiger partial charge in [-0.3, -0.25) is 0 Å². The van der Waals surface area contributed by atoms with Crippen LogP contribution in [-0.2, 0) is 0 Å². The molecule has 0 saturated carbocycles. The van der Waals surface area contributed by atoms with E-state index in [9.17, 15) is 0 Å². The van der Waals surface area contributed by atoms with Gasteiger partial charge in [0.1, 0.15) is 0 Å². The molecule has 0 bridgehead atoms. The summed E-state index contributed by atoms with van der Waals surface area (Å²) in [5, 5.41) is 0.899. The summed E-state index contributed by atoms with van der Waals surface area (Å²) in [5.74, 6) is 1.06. The van der Waals surface area contributed by atoms with Crippen molar-refractivity contribution in [2.45, 2.75) is 33.2 Å². The zero-order valence-electron chi connectivity index (χ0n) is 9.19. The van der Waals surface area contributed by atoms with Gasteiger partial charge in [0.2, 0.25) is 11.1 Å². The molecule has 1 atom stereocenters. The second kappa shape index (κ2) is 4.59. The van der Waals surface area contributed by atoms with Crippen molar-refractivity contribution in [2.24, 2.45) is 5.92 Å². The average molecular weight is 214 g/mol. The van der Waals surface area contributed by atoms with Gasteiger partial charge in [0, 0.05) is 24.6 Å². The summed E-state index contributed by atoms with van der Waals surface area (Å²) in [4.78, 5) is 6.28. The van der Waals surface area contributed by atoms with Crippen molar-refractivity contribution in [2.75, 3.05) is 17.7 Å². The first-order valence-electron chi connectivity index (χ1n) is 4.82. The van der Waals surface area contributed by atoms with E-state index < -0.39 is 0 Å². The molecule has 80 valence electrons. The van der Waals surface area contributed by atoms with E-state index >= 15 is 0 Å². The molecule has 0 amide bonds. The van der Waals surface area contributed by atoms with Crippen LogP contribution in [0.15, 0.2) is 0 Å². The third-order valence-electron chi connectivity index (χ3n) is 2.21. The lowest BCUT2D eigenvalue weighted by molar-refractivity contribution is 0.504.